The summed E-state index contributed by atoms with van der Waals surface area (Å²) in [5, 5.41) is 0. The molecule has 2 aromatic carbocycles. The summed E-state index contributed by atoms with van der Waals surface area (Å²) in [4.78, 5) is 15.2. The predicted octanol–water partition coefficient (Wildman–Crippen LogP) is 6.84. The maximum Gasteiger partial charge on any atom is 0.179 e. The first kappa shape index (κ1) is 20.7. The van der Waals surface area contributed by atoms with Gasteiger partial charge >= 0.3 is 0 Å². The number of para-hydroxylation sites is 2. The van der Waals surface area contributed by atoms with Crippen LogP contribution in [-0.4, -0.2) is 16.1 Å². The molecule has 0 saturated carbocycles. The minimum Gasteiger partial charge on any atom is -0.298 e. The van der Waals surface area contributed by atoms with Crippen molar-refractivity contribution in [1.82, 2.24) is 9.97 Å². The van der Waals surface area contributed by atoms with Crippen molar-refractivity contribution in [1.29, 1.82) is 0 Å². The van der Waals surface area contributed by atoms with Gasteiger partial charge in [-0.3, -0.25) is 9.80 Å². The lowest BCUT2D eigenvalue weighted by Gasteiger charge is -2.49. The minimum atomic E-state index is -0.0754. The van der Waals surface area contributed by atoms with E-state index in [0.717, 1.165) is 54.4 Å². The second-order valence-electron chi connectivity index (χ2n) is 8.75. The van der Waals surface area contributed by atoms with E-state index < -0.39 is 0 Å². The molecule has 0 aliphatic carbocycles. The Labute approximate surface area is 191 Å². The van der Waals surface area contributed by atoms with Gasteiger partial charge in [0, 0.05) is 16.8 Å². The molecule has 2 aliphatic rings. The Morgan fingerprint density at radius 1 is 0.781 bits per heavy atom. The van der Waals surface area contributed by atoms with Crippen LogP contribution in [-0.2, 0) is 18.3 Å². The maximum absolute atomic E-state index is 5.22. The number of anilines is 4. The van der Waals surface area contributed by atoms with Crippen LogP contribution in [0.25, 0.3) is 0 Å². The minimum absolute atomic E-state index is 0.0426. The fourth-order valence-corrected chi connectivity index (χ4v) is 5.72. The number of aryl methyl sites for hydroxylation is 2. The van der Waals surface area contributed by atoms with Crippen LogP contribution in [0.15, 0.2) is 66.7 Å². The van der Waals surface area contributed by atoms with Crippen molar-refractivity contribution in [2.45, 2.75) is 65.0 Å². The third-order valence-corrected chi connectivity index (χ3v) is 7.48. The summed E-state index contributed by atoms with van der Waals surface area (Å²) in [6.45, 7) is 13.7. The summed E-state index contributed by atoms with van der Waals surface area (Å²) in [5.74, 6) is 1.89. The molecule has 0 radical (unpaired) electrons. The average molecular weight is 425 g/mol. The Kier molecular flexibility index (Phi) is 5.04. The molecule has 3 heterocycles. The lowest BCUT2D eigenvalue weighted by Crippen LogP contribution is -2.50. The lowest BCUT2D eigenvalue weighted by atomic mass is 9.66. The summed E-state index contributed by atoms with van der Waals surface area (Å²) >= 11 is 0. The fourth-order valence-electron chi connectivity index (χ4n) is 5.72. The second-order valence-corrected chi connectivity index (χ2v) is 8.75. The zero-order valence-corrected chi connectivity index (χ0v) is 19.6. The van der Waals surface area contributed by atoms with Crippen LogP contribution >= 0.6 is 0 Å². The summed E-state index contributed by atoms with van der Waals surface area (Å²) in [7, 11) is 0. The standard InChI is InChI=1S/C28H32N4/c1-6-22-23(7-2)30-26-25(29-22)31(20-15-11-10-12-16-20)27-19(5)28(8-3,9-4)21-17-13-14-18-24(21)32(26)27/h10-18,27H,5-9H2,1-4H3. The molecular weight excluding hydrogens is 392 g/mol. The van der Waals surface area contributed by atoms with Crippen LogP contribution in [0.3, 0.4) is 0 Å². The average Bonchev–Trinajstić information content (AvgIpc) is 3.19. The van der Waals surface area contributed by atoms with E-state index in [0.29, 0.717) is 0 Å². The normalized spacial score (nSPS) is 18.4. The highest BCUT2D eigenvalue weighted by Crippen LogP contribution is 2.58. The van der Waals surface area contributed by atoms with E-state index in [2.05, 4.69) is 92.1 Å². The molecule has 1 atom stereocenters. The van der Waals surface area contributed by atoms with Crippen LogP contribution in [0.1, 0.15) is 57.5 Å². The number of benzene rings is 2. The van der Waals surface area contributed by atoms with Gasteiger partial charge in [-0.1, -0.05) is 70.7 Å². The van der Waals surface area contributed by atoms with Gasteiger partial charge in [0.05, 0.1) is 11.4 Å². The number of hydrogen-bond donors (Lipinski definition) is 0. The first-order valence-corrected chi connectivity index (χ1v) is 11.9. The molecule has 0 fully saturated rings. The van der Waals surface area contributed by atoms with Crippen molar-refractivity contribution in [3.05, 3.63) is 83.7 Å². The van der Waals surface area contributed by atoms with Gasteiger partial charge in [0.1, 0.15) is 6.17 Å². The number of aromatic nitrogens is 2. The third-order valence-electron chi connectivity index (χ3n) is 7.48. The SMILES string of the molecule is C=C1C2N(c3ccccc3)c3nc(CC)c(CC)nc3N2c2ccccc2C1(CC)CC. The van der Waals surface area contributed by atoms with Crippen LogP contribution in [0, 0.1) is 0 Å². The fraction of sp³-hybridized carbons (Fsp3) is 0.357. The molecule has 3 aromatic rings. The van der Waals surface area contributed by atoms with Gasteiger partial charge in [0.2, 0.25) is 0 Å². The third kappa shape index (κ3) is 2.68. The quantitative estimate of drug-likeness (QED) is 0.420. The number of rotatable bonds is 5. The highest BCUT2D eigenvalue weighted by Gasteiger charge is 2.52. The Balaban J connectivity index is 1.84. The molecule has 4 heteroatoms. The second kappa shape index (κ2) is 7.77. The molecule has 1 unspecified atom stereocenters. The van der Waals surface area contributed by atoms with Crippen molar-refractivity contribution in [3.63, 3.8) is 0 Å². The molecule has 32 heavy (non-hydrogen) atoms. The highest BCUT2D eigenvalue weighted by molar-refractivity contribution is 5.88. The molecule has 2 aliphatic heterocycles. The van der Waals surface area contributed by atoms with Crippen LogP contribution in [0.2, 0.25) is 0 Å². The molecular formula is C28H32N4. The van der Waals surface area contributed by atoms with Crippen LogP contribution in [0.4, 0.5) is 23.0 Å². The van der Waals surface area contributed by atoms with Crippen molar-refractivity contribution >= 4 is 23.0 Å². The van der Waals surface area contributed by atoms with Crippen LogP contribution < -0.4 is 9.80 Å². The highest BCUT2D eigenvalue weighted by atomic mass is 15.5. The van der Waals surface area contributed by atoms with Crippen molar-refractivity contribution in [2.75, 3.05) is 9.80 Å². The number of nitrogens with zero attached hydrogens (tertiary/aromatic N) is 4. The van der Waals surface area contributed by atoms with E-state index >= 15 is 0 Å². The van der Waals surface area contributed by atoms with Crippen LogP contribution in [0.5, 0.6) is 0 Å². The molecule has 0 spiro atoms. The van der Waals surface area contributed by atoms with E-state index in [1.165, 1.54) is 16.8 Å². The predicted molar refractivity (Wildman–Crippen MR) is 133 cm³/mol. The molecule has 164 valence electrons. The molecule has 0 saturated heterocycles. The van der Waals surface area contributed by atoms with E-state index in [4.69, 9.17) is 16.5 Å². The number of hydrogen-bond acceptors (Lipinski definition) is 4. The van der Waals surface area contributed by atoms with E-state index in [1.807, 2.05) is 0 Å². The summed E-state index contributed by atoms with van der Waals surface area (Å²) in [5.41, 5.74) is 7.03. The largest absolute Gasteiger partial charge is 0.298 e. The summed E-state index contributed by atoms with van der Waals surface area (Å²) < 4.78 is 0. The van der Waals surface area contributed by atoms with Gasteiger partial charge in [-0.05, 0) is 55.0 Å². The van der Waals surface area contributed by atoms with Crippen molar-refractivity contribution < 1.29 is 0 Å². The lowest BCUT2D eigenvalue weighted by molar-refractivity contribution is 0.425. The monoisotopic (exact) mass is 424 g/mol. The summed E-state index contributed by atoms with van der Waals surface area (Å²) in [6.07, 6.45) is 3.75. The molecule has 5 rings (SSSR count). The first-order valence-electron chi connectivity index (χ1n) is 11.9. The molecule has 0 amide bonds. The van der Waals surface area contributed by atoms with Gasteiger partial charge in [-0.25, -0.2) is 9.97 Å². The molecule has 4 nitrogen and oxygen atoms in total. The van der Waals surface area contributed by atoms with Gasteiger partial charge in [0.25, 0.3) is 0 Å². The molecule has 1 aromatic heterocycles. The smallest absolute Gasteiger partial charge is 0.179 e. The Bertz CT molecular complexity index is 1160. The Morgan fingerprint density at radius 2 is 1.34 bits per heavy atom. The van der Waals surface area contributed by atoms with Gasteiger partial charge in [-0.15, -0.1) is 0 Å². The van der Waals surface area contributed by atoms with Gasteiger partial charge < -0.3 is 0 Å². The van der Waals surface area contributed by atoms with Gasteiger partial charge in [0.15, 0.2) is 11.6 Å². The van der Waals surface area contributed by atoms with E-state index in [-0.39, 0.29) is 11.6 Å². The van der Waals surface area contributed by atoms with Gasteiger partial charge in [-0.2, -0.15) is 0 Å². The topological polar surface area (TPSA) is 32.3 Å². The molecule has 0 bridgehead atoms. The van der Waals surface area contributed by atoms with Crippen molar-refractivity contribution in [2.24, 2.45) is 0 Å². The van der Waals surface area contributed by atoms with Crippen molar-refractivity contribution in [3.8, 4) is 0 Å². The Hall–Kier alpha value is -3.14. The zero-order chi connectivity index (χ0) is 22.5. The molecule has 0 N–H and O–H groups in total. The maximum atomic E-state index is 5.22. The number of fused-ring (bicyclic) bond motifs is 5. The van der Waals surface area contributed by atoms with E-state index in [1.54, 1.807) is 0 Å². The Morgan fingerprint density at radius 3 is 1.94 bits per heavy atom. The first-order chi connectivity index (χ1) is 15.6. The summed E-state index contributed by atoms with van der Waals surface area (Å²) in [6, 6.07) is 19.4. The van der Waals surface area contributed by atoms with E-state index in [9.17, 15) is 0 Å². The zero-order valence-electron chi connectivity index (χ0n) is 19.6.